The Balaban J connectivity index is 2.01. The fourth-order valence-electron chi connectivity index (χ4n) is 2.23. The molecule has 0 unspecified atom stereocenters. The maximum absolute atomic E-state index is 11.9. The lowest BCUT2D eigenvalue weighted by molar-refractivity contribution is 0.0973. The molecule has 0 amide bonds. The Morgan fingerprint density at radius 2 is 1.45 bits per heavy atom. The fourth-order valence-corrected chi connectivity index (χ4v) is 2.23. The van der Waals surface area contributed by atoms with E-state index in [4.69, 9.17) is 9.47 Å². The molecule has 4 nitrogen and oxygen atoms in total. The van der Waals surface area contributed by atoms with Gasteiger partial charge in [0.1, 0.15) is 5.75 Å². The minimum atomic E-state index is -0.684. The number of hydrogen-bond donors (Lipinski definition) is 0. The lowest BCUT2D eigenvalue weighted by atomic mass is 10.0. The van der Waals surface area contributed by atoms with Gasteiger partial charge in [0.2, 0.25) is 0 Å². The van der Waals surface area contributed by atoms with E-state index in [0.29, 0.717) is 24.3 Å². The van der Waals surface area contributed by atoms with Gasteiger partial charge in [-0.1, -0.05) is 25.7 Å². The normalized spacial score (nSPS) is 18.4. The summed E-state index contributed by atoms with van der Waals surface area (Å²) in [4.78, 5) is 23.4. The monoisotopic (exact) mass is 276 g/mol. The fraction of sp³-hybridized carbons (Fsp3) is 0.500. The van der Waals surface area contributed by atoms with E-state index in [2.05, 4.69) is 0 Å². The molecule has 0 spiro atoms. The molecule has 1 aromatic rings. The highest BCUT2D eigenvalue weighted by atomic mass is 16.7. The van der Waals surface area contributed by atoms with Crippen LogP contribution in [-0.2, 0) is 4.74 Å². The highest BCUT2D eigenvalue weighted by Crippen LogP contribution is 2.16. The maximum atomic E-state index is 11.9. The maximum Gasteiger partial charge on any atom is 0.513 e. The third-order valence-corrected chi connectivity index (χ3v) is 3.40. The molecule has 4 heteroatoms. The summed E-state index contributed by atoms with van der Waals surface area (Å²) >= 11 is 0. The summed E-state index contributed by atoms with van der Waals surface area (Å²) in [6, 6.07) is 6.63. The van der Waals surface area contributed by atoms with Crippen molar-refractivity contribution < 1.29 is 19.1 Å². The molecule has 0 radical (unpaired) electrons. The first kappa shape index (κ1) is 14.6. The first-order valence-electron chi connectivity index (χ1n) is 7.23. The first-order chi connectivity index (χ1) is 9.75. The second-order valence-corrected chi connectivity index (χ2v) is 5.02. The Morgan fingerprint density at radius 3 is 2.20 bits per heavy atom. The van der Waals surface area contributed by atoms with Gasteiger partial charge in [-0.2, -0.15) is 0 Å². The van der Waals surface area contributed by atoms with Crippen molar-refractivity contribution in [2.45, 2.75) is 44.9 Å². The quantitative estimate of drug-likeness (QED) is 0.528. The third kappa shape index (κ3) is 4.68. The second-order valence-electron chi connectivity index (χ2n) is 5.02. The number of benzene rings is 1. The number of fused-ring (bicyclic) bond motifs is 13. The Hall–Kier alpha value is -1.84. The summed E-state index contributed by atoms with van der Waals surface area (Å²) in [5.74, 6) is 0.546. The Bertz CT molecular complexity index is 450. The van der Waals surface area contributed by atoms with Crippen molar-refractivity contribution in [2.24, 2.45) is 0 Å². The molecule has 3 rings (SSSR count). The van der Waals surface area contributed by atoms with Crippen molar-refractivity contribution in [1.29, 1.82) is 0 Å². The van der Waals surface area contributed by atoms with Gasteiger partial charge in [0, 0.05) is 12.0 Å². The smallest absolute Gasteiger partial charge is 0.434 e. The summed E-state index contributed by atoms with van der Waals surface area (Å²) in [5.41, 5.74) is 0.665. The average molecular weight is 276 g/mol. The van der Waals surface area contributed by atoms with Gasteiger partial charge in [-0.25, -0.2) is 4.79 Å². The van der Waals surface area contributed by atoms with Gasteiger partial charge in [-0.3, -0.25) is 4.79 Å². The highest BCUT2D eigenvalue weighted by Gasteiger charge is 2.09. The molecule has 20 heavy (non-hydrogen) atoms. The molecule has 0 N–H and O–H groups in total. The van der Waals surface area contributed by atoms with Gasteiger partial charge in [0.15, 0.2) is 5.78 Å². The molecule has 0 aliphatic carbocycles. The van der Waals surface area contributed by atoms with Gasteiger partial charge in [-0.15, -0.1) is 0 Å². The van der Waals surface area contributed by atoms with Crippen molar-refractivity contribution in [1.82, 2.24) is 0 Å². The number of carbonyl (C=O) groups is 2. The van der Waals surface area contributed by atoms with Crippen molar-refractivity contribution in [3.8, 4) is 5.75 Å². The summed E-state index contributed by atoms with van der Waals surface area (Å²) in [6.45, 7) is 0.398. The minimum Gasteiger partial charge on any atom is -0.434 e. The van der Waals surface area contributed by atoms with Crippen LogP contribution < -0.4 is 4.74 Å². The number of Topliss-reactive ketones (excluding diaryl/α,β-unsaturated/α-hetero) is 1. The SMILES string of the molecule is O=C1OCCCCCCCCC(=O)c2ccc(cc2)O1. The zero-order valence-corrected chi connectivity index (χ0v) is 11.6. The predicted octanol–water partition coefficient (Wildman–Crippen LogP) is 4.13. The molecule has 2 bridgehead atoms. The van der Waals surface area contributed by atoms with Crippen LogP contribution in [0.3, 0.4) is 0 Å². The zero-order valence-electron chi connectivity index (χ0n) is 11.6. The summed E-state index contributed by atoms with van der Waals surface area (Å²) in [7, 11) is 0. The molecular weight excluding hydrogens is 256 g/mol. The predicted molar refractivity (Wildman–Crippen MR) is 75.1 cm³/mol. The molecule has 0 saturated heterocycles. The molecule has 1 aromatic carbocycles. The van der Waals surface area contributed by atoms with Crippen molar-refractivity contribution in [3.63, 3.8) is 0 Å². The largest absolute Gasteiger partial charge is 0.513 e. The summed E-state index contributed by atoms with van der Waals surface area (Å²) < 4.78 is 10.0. The van der Waals surface area contributed by atoms with Crippen LogP contribution in [0.1, 0.15) is 55.3 Å². The van der Waals surface area contributed by atoms with Crippen LogP contribution in [0.5, 0.6) is 5.75 Å². The minimum absolute atomic E-state index is 0.145. The number of ether oxygens (including phenoxy) is 2. The zero-order chi connectivity index (χ0) is 14.2. The number of carbonyl (C=O) groups excluding carboxylic acids is 2. The molecule has 2 aliphatic heterocycles. The molecule has 0 atom stereocenters. The lowest BCUT2D eigenvalue weighted by Crippen LogP contribution is -2.11. The Morgan fingerprint density at radius 1 is 0.800 bits per heavy atom. The van der Waals surface area contributed by atoms with Crippen LogP contribution >= 0.6 is 0 Å². The van der Waals surface area contributed by atoms with Crippen LogP contribution in [-0.4, -0.2) is 18.5 Å². The van der Waals surface area contributed by atoms with Gasteiger partial charge in [0.05, 0.1) is 6.61 Å². The van der Waals surface area contributed by atoms with Crippen LogP contribution in [0, 0.1) is 0 Å². The topological polar surface area (TPSA) is 52.6 Å². The number of rotatable bonds is 0. The van der Waals surface area contributed by atoms with E-state index < -0.39 is 6.16 Å². The molecule has 2 heterocycles. The summed E-state index contributed by atoms with van der Waals surface area (Å²) in [6.07, 6.45) is 6.04. The molecule has 0 fully saturated rings. The van der Waals surface area contributed by atoms with Crippen LogP contribution in [0.4, 0.5) is 4.79 Å². The van der Waals surface area contributed by atoms with E-state index in [1.807, 2.05) is 0 Å². The van der Waals surface area contributed by atoms with Crippen LogP contribution in [0.25, 0.3) is 0 Å². The van der Waals surface area contributed by atoms with E-state index in [1.165, 1.54) is 0 Å². The molecule has 108 valence electrons. The third-order valence-electron chi connectivity index (χ3n) is 3.40. The first-order valence-corrected chi connectivity index (χ1v) is 7.23. The van der Waals surface area contributed by atoms with Gasteiger partial charge < -0.3 is 9.47 Å². The Kier molecular flexibility index (Phi) is 5.59. The van der Waals surface area contributed by atoms with E-state index in [9.17, 15) is 9.59 Å². The molecule has 0 saturated carbocycles. The number of hydrogen-bond acceptors (Lipinski definition) is 4. The van der Waals surface area contributed by atoms with E-state index in [1.54, 1.807) is 24.3 Å². The van der Waals surface area contributed by atoms with Gasteiger partial charge >= 0.3 is 6.16 Å². The van der Waals surface area contributed by atoms with Gasteiger partial charge in [-0.05, 0) is 37.1 Å². The second kappa shape index (κ2) is 7.68. The van der Waals surface area contributed by atoms with Crippen molar-refractivity contribution >= 4 is 11.9 Å². The number of ketones is 1. The van der Waals surface area contributed by atoms with E-state index >= 15 is 0 Å². The molecular formula is C16H20O4. The van der Waals surface area contributed by atoms with Crippen molar-refractivity contribution in [3.05, 3.63) is 29.8 Å². The Labute approximate surface area is 119 Å². The van der Waals surface area contributed by atoms with Crippen molar-refractivity contribution in [2.75, 3.05) is 6.61 Å². The van der Waals surface area contributed by atoms with Crippen LogP contribution in [0.2, 0.25) is 0 Å². The van der Waals surface area contributed by atoms with Gasteiger partial charge in [0.25, 0.3) is 0 Å². The highest BCUT2D eigenvalue weighted by molar-refractivity contribution is 5.96. The summed E-state index contributed by atoms with van der Waals surface area (Å²) in [5, 5.41) is 0. The molecule has 0 aromatic heterocycles. The lowest BCUT2D eigenvalue weighted by Gasteiger charge is -2.08. The van der Waals surface area contributed by atoms with E-state index in [0.717, 1.165) is 38.5 Å². The van der Waals surface area contributed by atoms with Crippen LogP contribution in [0.15, 0.2) is 24.3 Å². The average Bonchev–Trinajstić information content (AvgIpc) is 2.45. The standard InChI is InChI=1S/C16H20O4/c17-15-7-5-3-1-2-4-6-12-19-16(18)20-14-10-8-13(15)9-11-14/h8-11H,1-7,12H2. The molecule has 2 aliphatic rings. The van der Waals surface area contributed by atoms with E-state index in [-0.39, 0.29) is 5.78 Å².